The number of guanidine groups is 2. The van der Waals surface area contributed by atoms with Crippen molar-refractivity contribution in [2.45, 2.75) is 36.2 Å². The molecule has 60 heavy (non-hydrogen) atoms. The highest BCUT2D eigenvalue weighted by molar-refractivity contribution is 7.86. The zero-order valence-electron chi connectivity index (χ0n) is 32.3. The molecule has 2 heterocycles. The van der Waals surface area contributed by atoms with Crippen LogP contribution >= 0.6 is 0 Å². The molecule has 0 fully saturated rings. The highest BCUT2D eigenvalue weighted by Gasteiger charge is 2.27. The standard InChI is InChI=1S/C38H44N12O8S2/c1-25-41-35(43-29-9-5-3-6-10-29)47-37(49(25)39-19-21-51)45-31-17-15-27(33(23-31)59(53,54)55)13-14-28-16-18-32(24-34(28)60(56,57)58)46-38-48-36(44-30-11-7-4-8-12-30)42-26(2)50(38)40-20-22-52/h3-18,23-24,37-40,45-46,51-52H,19-22H2,1-2H3,(H,43,47)(H,44,48)(H,53,54,55)(H,56,57,58). The van der Waals surface area contributed by atoms with E-state index in [4.69, 9.17) is 0 Å². The predicted molar refractivity (Wildman–Crippen MR) is 231 cm³/mol. The molecule has 4 aromatic rings. The van der Waals surface area contributed by atoms with Gasteiger partial charge in [-0.2, -0.15) is 26.8 Å². The van der Waals surface area contributed by atoms with Crippen molar-refractivity contribution in [1.82, 2.24) is 20.9 Å². The van der Waals surface area contributed by atoms with Gasteiger partial charge in [-0.25, -0.2) is 20.8 Å². The molecule has 0 bridgehead atoms. The van der Waals surface area contributed by atoms with E-state index in [9.17, 15) is 36.2 Å². The summed E-state index contributed by atoms with van der Waals surface area (Å²) in [4.78, 5) is 17.2. The van der Waals surface area contributed by atoms with Crippen LogP contribution in [-0.4, -0.2) is 109 Å². The van der Waals surface area contributed by atoms with Gasteiger partial charge in [0.15, 0.2) is 0 Å². The molecule has 316 valence electrons. The first-order chi connectivity index (χ1) is 28.7. The summed E-state index contributed by atoms with van der Waals surface area (Å²) in [5.41, 5.74) is 7.91. The molecule has 22 heteroatoms. The summed E-state index contributed by atoms with van der Waals surface area (Å²) in [5, 5.41) is 34.5. The number of rotatable bonds is 16. The number of hydrogen-bond donors (Lipinski definition) is 10. The lowest BCUT2D eigenvalue weighted by atomic mass is 10.1. The Morgan fingerprint density at radius 1 is 0.583 bits per heavy atom. The second-order valence-electron chi connectivity index (χ2n) is 13.0. The number of aliphatic hydroxyl groups excluding tert-OH is 2. The van der Waals surface area contributed by atoms with Gasteiger partial charge in [-0.05, 0) is 73.5 Å². The minimum atomic E-state index is -4.85. The minimum Gasteiger partial charge on any atom is -0.395 e. The summed E-state index contributed by atoms with van der Waals surface area (Å²) in [6, 6.07) is 26.6. The van der Waals surface area contributed by atoms with E-state index < -0.39 is 42.6 Å². The van der Waals surface area contributed by atoms with Gasteiger partial charge in [0.05, 0.1) is 13.2 Å². The largest absolute Gasteiger partial charge is 0.395 e. The van der Waals surface area contributed by atoms with Gasteiger partial charge in [0, 0.05) is 35.8 Å². The molecule has 20 nitrogen and oxygen atoms in total. The predicted octanol–water partition coefficient (Wildman–Crippen LogP) is 3.14. The van der Waals surface area contributed by atoms with Crippen molar-refractivity contribution in [3.8, 4) is 0 Å². The number of para-hydroxylation sites is 2. The van der Waals surface area contributed by atoms with E-state index in [1.165, 1.54) is 48.6 Å². The Balaban J connectivity index is 1.27. The normalized spacial score (nSPS) is 17.1. The van der Waals surface area contributed by atoms with Gasteiger partial charge in [0.2, 0.25) is 24.5 Å². The van der Waals surface area contributed by atoms with Crippen LogP contribution in [0.1, 0.15) is 25.0 Å². The maximum Gasteiger partial charge on any atom is 0.295 e. The molecule has 2 atom stereocenters. The van der Waals surface area contributed by atoms with E-state index in [2.05, 4.69) is 52.1 Å². The molecule has 2 aliphatic heterocycles. The molecule has 0 aromatic heterocycles. The first-order valence-corrected chi connectivity index (χ1v) is 21.2. The van der Waals surface area contributed by atoms with Crippen molar-refractivity contribution in [2.75, 3.05) is 47.6 Å². The molecule has 0 saturated carbocycles. The SMILES string of the molecule is CC1=NC(Nc2ccccc2)=NC(Nc2ccc(C=Cc3ccc(NC4N=C(Nc5ccccc5)N=C(C)N4NCCO)cc3S(=O)(=O)O)c(S(=O)(=O)O)c2)N1NCCO. The summed E-state index contributed by atoms with van der Waals surface area (Å²) in [5.74, 6) is 1.44. The van der Waals surface area contributed by atoms with Gasteiger partial charge < -0.3 is 31.5 Å². The monoisotopic (exact) mass is 860 g/mol. The number of nitrogens with zero attached hydrogens (tertiary/aromatic N) is 6. The van der Waals surface area contributed by atoms with Crippen molar-refractivity contribution in [3.05, 3.63) is 108 Å². The summed E-state index contributed by atoms with van der Waals surface area (Å²) in [7, 11) is -9.70. The minimum absolute atomic E-state index is 0.00604. The lowest BCUT2D eigenvalue weighted by Crippen LogP contribution is -2.54. The summed E-state index contributed by atoms with van der Waals surface area (Å²) in [6.45, 7) is 3.35. The van der Waals surface area contributed by atoms with Crippen molar-refractivity contribution < 1.29 is 36.2 Å². The highest BCUT2D eigenvalue weighted by atomic mass is 32.2. The maximum atomic E-state index is 12.7. The Morgan fingerprint density at radius 2 is 0.967 bits per heavy atom. The molecule has 0 radical (unpaired) electrons. The fraction of sp³-hybridized carbons (Fsp3) is 0.211. The summed E-state index contributed by atoms with van der Waals surface area (Å²) >= 11 is 0. The van der Waals surface area contributed by atoms with Crippen LogP contribution in [0.4, 0.5) is 22.7 Å². The molecular formula is C38H44N12O8S2. The van der Waals surface area contributed by atoms with E-state index in [1.807, 2.05) is 60.7 Å². The number of anilines is 4. The zero-order valence-corrected chi connectivity index (χ0v) is 33.9. The van der Waals surface area contributed by atoms with Gasteiger partial charge in [-0.3, -0.25) is 19.1 Å². The lowest BCUT2D eigenvalue weighted by Gasteiger charge is -2.34. The topological polar surface area (TPSA) is 277 Å². The van der Waals surface area contributed by atoms with Crippen LogP contribution in [0.3, 0.4) is 0 Å². The highest BCUT2D eigenvalue weighted by Crippen LogP contribution is 2.28. The van der Waals surface area contributed by atoms with Crippen molar-refractivity contribution in [1.29, 1.82) is 0 Å². The molecule has 0 saturated heterocycles. The van der Waals surface area contributed by atoms with Crippen LogP contribution in [0.2, 0.25) is 0 Å². The number of nitrogens with one attached hydrogen (secondary N) is 6. The van der Waals surface area contributed by atoms with E-state index in [1.54, 1.807) is 23.9 Å². The number of hydrazine groups is 2. The van der Waals surface area contributed by atoms with Gasteiger partial charge in [-0.1, -0.05) is 60.7 Å². The van der Waals surface area contributed by atoms with E-state index >= 15 is 0 Å². The average Bonchev–Trinajstić information content (AvgIpc) is 3.20. The molecule has 6 rings (SSSR count). The molecular weight excluding hydrogens is 817 g/mol. The van der Waals surface area contributed by atoms with Gasteiger partial charge in [0.1, 0.15) is 21.5 Å². The van der Waals surface area contributed by atoms with Crippen molar-refractivity contribution >= 4 is 78.7 Å². The van der Waals surface area contributed by atoms with Crippen LogP contribution in [0.15, 0.2) is 127 Å². The number of benzene rings is 4. The lowest BCUT2D eigenvalue weighted by molar-refractivity contribution is 0.206. The van der Waals surface area contributed by atoms with Crippen molar-refractivity contribution in [3.63, 3.8) is 0 Å². The van der Waals surface area contributed by atoms with Gasteiger partial charge in [0.25, 0.3) is 20.2 Å². The molecule has 2 unspecified atom stereocenters. The maximum absolute atomic E-state index is 12.7. The van der Waals surface area contributed by atoms with Crippen LogP contribution in [0.5, 0.6) is 0 Å². The number of amidine groups is 2. The molecule has 0 amide bonds. The first-order valence-electron chi connectivity index (χ1n) is 18.3. The van der Waals surface area contributed by atoms with E-state index in [0.29, 0.717) is 11.7 Å². The van der Waals surface area contributed by atoms with Crippen LogP contribution in [0.25, 0.3) is 12.2 Å². The number of hydrogen-bond acceptors (Lipinski definition) is 18. The molecule has 4 aromatic carbocycles. The number of aliphatic imine (C=N–C) groups is 4. The second-order valence-corrected chi connectivity index (χ2v) is 15.8. The third-order valence-corrected chi connectivity index (χ3v) is 10.5. The van der Waals surface area contributed by atoms with E-state index in [0.717, 1.165) is 11.4 Å². The zero-order chi connectivity index (χ0) is 42.9. The smallest absolute Gasteiger partial charge is 0.295 e. The molecule has 10 N–H and O–H groups in total. The Kier molecular flexibility index (Phi) is 13.9. The van der Waals surface area contributed by atoms with E-state index in [-0.39, 0.29) is 60.7 Å². The second kappa shape index (κ2) is 19.2. The quantitative estimate of drug-likeness (QED) is 0.0572. The fourth-order valence-corrected chi connectivity index (χ4v) is 7.40. The van der Waals surface area contributed by atoms with Crippen LogP contribution in [-0.2, 0) is 20.2 Å². The third kappa shape index (κ3) is 11.3. The van der Waals surface area contributed by atoms with Crippen molar-refractivity contribution in [2.24, 2.45) is 20.0 Å². The van der Waals surface area contributed by atoms with Gasteiger partial charge in [-0.15, -0.1) is 0 Å². The van der Waals surface area contributed by atoms with Crippen LogP contribution in [0, 0.1) is 0 Å². The molecule has 2 aliphatic rings. The fourth-order valence-electron chi connectivity index (χ4n) is 5.98. The van der Waals surface area contributed by atoms with Crippen LogP contribution < -0.4 is 32.1 Å². The Bertz CT molecular complexity index is 2360. The Morgan fingerprint density at radius 3 is 1.32 bits per heavy atom. The Labute approximate surface area is 346 Å². The average molecular weight is 861 g/mol. The molecule has 0 aliphatic carbocycles. The first kappa shape index (κ1) is 43.3. The third-order valence-electron chi connectivity index (χ3n) is 8.68. The number of aliphatic hydroxyl groups is 2. The summed E-state index contributed by atoms with van der Waals surface area (Å²) < 4.78 is 71.5. The molecule has 0 spiro atoms. The Hall–Kier alpha value is -6.24. The van der Waals surface area contributed by atoms with Gasteiger partial charge >= 0.3 is 0 Å². The summed E-state index contributed by atoms with van der Waals surface area (Å²) in [6.07, 6.45) is 0.758.